The third kappa shape index (κ3) is 6.12. The van der Waals surface area contributed by atoms with Gasteiger partial charge in [-0.3, -0.25) is 4.79 Å². The molecule has 0 aromatic heterocycles. The number of carbonyl (C=O) groups excluding carboxylic acids is 1. The molecule has 1 fully saturated rings. The van der Waals surface area contributed by atoms with Gasteiger partial charge in [-0.2, -0.15) is 0 Å². The summed E-state index contributed by atoms with van der Waals surface area (Å²) in [5.74, 6) is 0.00561. The zero-order valence-electron chi connectivity index (χ0n) is 20.9. The molecular formula is C29H35N3O2S. The van der Waals surface area contributed by atoms with Crippen LogP contribution in [0.2, 0.25) is 0 Å². The molecule has 3 aromatic carbocycles. The topological polar surface area (TPSA) is 52.7 Å². The van der Waals surface area contributed by atoms with Crippen molar-refractivity contribution < 1.29 is 9.00 Å². The zero-order chi connectivity index (χ0) is 24.8. The van der Waals surface area contributed by atoms with E-state index in [4.69, 9.17) is 0 Å². The maximum atomic E-state index is 13.4. The molecule has 1 aliphatic heterocycles. The van der Waals surface area contributed by atoms with Crippen LogP contribution in [0.25, 0.3) is 0 Å². The first-order valence-corrected chi connectivity index (χ1v) is 13.6. The second-order valence-corrected chi connectivity index (χ2v) is 10.4. The molecule has 5 nitrogen and oxygen atoms in total. The smallest absolute Gasteiger partial charge is 0.254 e. The number of amides is 1. The number of benzene rings is 3. The van der Waals surface area contributed by atoms with Crippen LogP contribution in [-0.4, -0.2) is 41.2 Å². The molecule has 1 atom stereocenters. The lowest BCUT2D eigenvalue weighted by Crippen LogP contribution is -2.49. The van der Waals surface area contributed by atoms with Crippen LogP contribution in [0, 0.1) is 13.8 Å². The van der Waals surface area contributed by atoms with E-state index in [9.17, 15) is 9.00 Å². The van der Waals surface area contributed by atoms with Crippen LogP contribution in [0.4, 0.5) is 11.4 Å². The van der Waals surface area contributed by atoms with E-state index in [1.165, 1.54) is 29.7 Å². The van der Waals surface area contributed by atoms with Crippen molar-refractivity contribution in [2.24, 2.45) is 0 Å². The number of hydrogen-bond donors (Lipinski definition) is 1. The fraction of sp³-hybridized carbons (Fsp3) is 0.345. The summed E-state index contributed by atoms with van der Waals surface area (Å²) in [6, 6.07) is 22.0. The molecule has 1 heterocycles. The number of nitrogens with zero attached hydrogens (tertiary/aromatic N) is 2. The summed E-state index contributed by atoms with van der Waals surface area (Å²) < 4.78 is 16.1. The molecule has 1 N–H and O–H groups in total. The summed E-state index contributed by atoms with van der Waals surface area (Å²) in [5, 5.41) is 0. The number of piperazine rings is 1. The molecule has 0 spiro atoms. The van der Waals surface area contributed by atoms with Gasteiger partial charge < -0.3 is 14.5 Å². The van der Waals surface area contributed by atoms with Crippen LogP contribution in [0.1, 0.15) is 46.8 Å². The quantitative estimate of drug-likeness (QED) is 0.439. The number of hydrogen-bond acceptors (Lipinski definition) is 3. The highest BCUT2D eigenvalue weighted by atomic mass is 32.2. The van der Waals surface area contributed by atoms with Gasteiger partial charge in [-0.1, -0.05) is 49.7 Å². The van der Waals surface area contributed by atoms with Crippen LogP contribution in [0.5, 0.6) is 0 Å². The Bertz CT molecular complexity index is 1180. The molecule has 0 bridgehead atoms. The normalized spacial score (nSPS) is 14.6. The van der Waals surface area contributed by atoms with Gasteiger partial charge in [0.25, 0.3) is 5.91 Å². The van der Waals surface area contributed by atoms with Gasteiger partial charge in [0.2, 0.25) is 0 Å². The summed E-state index contributed by atoms with van der Waals surface area (Å²) in [6.45, 7) is 9.19. The number of unbranched alkanes of at least 4 members (excludes halogenated alkanes) is 1. The van der Waals surface area contributed by atoms with E-state index < -0.39 is 11.0 Å². The van der Waals surface area contributed by atoms with Gasteiger partial charge in [0.05, 0.1) is 4.90 Å². The van der Waals surface area contributed by atoms with Crippen LogP contribution < -0.4 is 9.62 Å². The SMILES string of the molecule is CCCCc1ccc(NS(=O)c2ccc(C)c(C(=O)N3CCN(c4ccccc4C)CC3)c2)cc1. The van der Waals surface area contributed by atoms with Crippen LogP contribution in [0.3, 0.4) is 0 Å². The Morgan fingerprint density at radius 2 is 1.63 bits per heavy atom. The first-order chi connectivity index (χ1) is 17.0. The third-order valence-electron chi connectivity index (χ3n) is 6.66. The molecule has 1 aliphatic rings. The lowest BCUT2D eigenvalue weighted by molar-refractivity contribution is 0.0746. The first-order valence-electron chi connectivity index (χ1n) is 12.4. The Morgan fingerprint density at radius 3 is 2.31 bits per heavy atom. The standard InChI is InChI=1S/C29H35N3O2S/c1-4-5-9-24-12-14-25(15-13-24)30-35(34)26-16-11-22(2)27(21-26)29(33)32-19-17-31(18-20-32)28-10-7-6-8-23(28)3/h6-8,10-16,21,30H,4-5,9,17-20H2,1-3H3. The fourth-order valence-corrected chi connectivity index (χ4v) is 5.36. The fourth-order valence-electron chi connectivity index (χ4n) is 4.47. The minimum Gasteiger partial charge on any atom is -0.368 e. The van der Waals surface area contributed by atoms with E-state index >= 15 is 0 Å². The largest absolute Gasteiger partial charge is 0.368 e. The van der Waals surface area contributed by atoms with Gasteiger partial charge in [0.15, 0.2) is 0 Å². The lowest BCUT2D eigenvalue weighted by atomic mass is 10.1. The molecule has 35 heavy (non-hydrogen) atoms. The van der Waals surface area contributed by atoms with Crippen molar-refractivity contribution in [3.05, 3.63) is 89.0 Å². The van der Waals surface area contributed by atoms with Crippen molar-refractivity contribution in [3.8, 4) is 0 Å². The predicted molar refractivity (Wildman–Crippen MR) is 146 cm³/mol. The molecule has 1 unspecified atom stereocenters. The minimum atomic E-state index is -1.45. The Balaban J connectivity index is 1.41. The van der Waals surface area contributed by atoms with Gasteiger partial charge >= 0.3 is 0 Å². The van der Waals surface area contributed by atoms with E-state index in [0.717, 1.165) is 30.8 Å². The second kappa shape index (κ2) is 11.5. The number of para-hydroxylation sites is 1. The maximum absolute atomic E-state index is 13.4. The van der Waals surface area contributed by atoms with Crippen LogP contribution in [0.15, 0.2) is 71.6 Å². The van der Waals surface area contributed by atoms with Gasteiger partial charge in [-0.15, -0.1) is 0 Å². The molecule has 1 saturated heterocycles. The highest BCUT2D eigenvalue weighted by Crippen LogP contribution is 2.23. The molecule has 3 aromatic rings. The van der Waals surface area contributed by atoms with Crippen molar-refractivity contribution in [2.45, 2.75) is 44.9 Å². The maximum Gasteiger partial charge on any atom is 0.254 e. The second-order valence-electron chi connectivity index (χ2n) is 9.21. The summed E-state index contributed by atoms with van der Waals surface area (Å²) in [4.78, 5) is 18.2. The summed E-state index contributed by atoms with van der Waals surface area (Å²) in [7, 11) is -1.45. The molecule has 0 radical (unpaired) electrons. The third-order valence-corrected chi connectivity index (χ3v) is 7.76. The lowest BCUT2D eigenvalue weighted by Gasteiger charge is -2.37. The van der Waals surface area contributed by atoms with Crippen LogP contribution in [-0.2, 0) is 17.4 Å². The number of carbonyl (C=O) groups is 1. The Morgan fingerprint density at radius 1 is 0.914 bits per heavy atom. The minimum absolute atomic E-state index is 0.00561. The molecule has 0 saturated carbocycles. The number of nitrogens with one attached hydrogen (secondary N) is 1. The van der Waals surface area contributed by atoms with Crippen LogP contribution >= 0.6 is 0 Å². The van der Waals surface area contributed by atoms with Gasteiger partial charge in [0.1, 0.15) is 11.0 Å². The van der Waals surface area contributed by atoms with Gasteiger partial charge in [-0.05, 0) is 73.7 Å². The van der Waals surface area contributed by atoms with E-state index in [1.54, 1.807) is 6.07 Å². The number of anilines is 2. The van der Waals surface area contributed by atoms with E-state index in [-0.39, 0.29) is 5.91 Å². The highest BCUT2D eigenvalue weighted by molar-refractivity contribution is 7.86. The van der Waals surface area contributed by atoms with Crippen molar-refractivity contribution in [2.75, 3.05) is 35.8 Å². The average Bonchev–Trinajstić information content (AvgIpc) is 2.88. The zero-order valence-corrected chi connectivity index (χ0v) is 21.7. The molecule has 6 heteroatoms. The Kier molecular flexibility index (Phi) is 8.24. The summed E-state index contributed by atoms with van der Waals surface area (Å²) in [5.41, 5.74) is 6.10. The molecule has 1 amide bonds. The van der Waals surface area contributed by atoms with E-state index in [2.05, 4.69) is 59.9 Å². The van der Waals surface area contributed by atoms with Gasteiger partial charge in [0, 0.05) is 43.1 Å². The summed E-state index contributed by atoms with van der Waals surface area (Å²) in [6.07, 6.45) is 3.39. The molecule has 4 rings (SSSR count). The molecule has 0 aliphatic carbocycles. The monoisotopic (exact) mass is 489 g/mol. The number of rotatable bonds is 8. The average molecular weight is 490 g/mol. The highest BCUT2D eigenvalue weighted by Gasteiger charge is 2.24. The van der Waals surface area contributed by atoms with E-state index in [1.807, 2.05) is 36.1 Å². The Hall–Kier alpha value is -3.12. The predicted octanol–water partition coefficient (Wildman–Crippen LogP) is 5.74. The molecular weight excluding hydrogens is 454 g/mol. The van der Waals surface area contributed by atoms with Gasteiger partial charge in [-0.25, -0.2) is 4.21 Å². The van der Waals surface area contributed by atoms with Crippen molar-refractivity contribution in [1.82, 2.24) is 4.90 Å². The number of aryl methyl sites for hydroxylation is 3. The van der Waals surface area contributed by atoms with Crippen molar-refractivity contribution in [3.63, 3.8) is 0 Å². The first kappa shape index (κ1) is 25.0. The summed E-state index contributed by atoms with van der Waals surface area (Å²) >= 11 is 0. The Labute approximate surface area is 211 Å². The van der Waals surface area contributed by atoms with Crippen molar-refractivity contribution >= 4 is 28.3 Å². The van der Waals surface area contributed by atoms with E-state index in [0.29, 0.717) is 23.5 Å². The molecule has 184 valence electrons. The van der Waals surface area contributed by atoms with Crippen molar-refractivity contribution in [1.29, 1.82) is 0 Å².